The number of halogens is 1. The molecule has 0 aliphatic heterocycles. The summed E-state index contributed by atoms with van der Waals surface area (Å²) in [5.41, 5.74) is 1.95. The van der Waals surface area contributed by atoms with Crippen molar-refractivity contribution in [1.29, 1.82) is 0 Å². The third-order valence-electron chi connectivity index (χ3n) is 4.18. The summed E-state index contributed by atoms with van der Waals surface area (Å²) < 4.78 is 19.9. The van der Waals surface area contributed by atoms with E-state index in [2.05, 4.69) is 10.3 Å². The molecule has 2 heterocycles. The maximum atomic E-state index is 13.3. The number of fused-ring (bicyclic) bond motifs is 1. The second kappa shape index (κ2) is 8.19. The van der Waals surface area contributed by atoms with E-state index in [9.17, 15) is 9.18 Å². The van der Waals surface area contributed by atoms with E-state index < -0.39 is 0 Å². The lowest BCUT2D eigenvalue weighted by Gasteiger charge is -2.08. The van der Waals surface area contributed by atoms with Gasteiger partial charge in [0.1, 0.15) is 12.4 Å². The first-order chi connectivity index (χ1) is 13.7. The molecule has 28 heavy (non-hydrogen) atoms. The van der Waals surface area contributed by atoms with Crippen molar-refractivity contribution in [1.82, 2.24) is 10.3 Å². The average Bonchev–Trinajstić information content (AvgIpc) is 3.15. The van der Waals surface area contributed by atoms with Gasteiger partial charge in [-0.05, 0) is 46.8 Å². The Kier molecular flexibility index (Phi) is 5.30. The van der Waals surface area contributed by atoms with E-state index in [1.807, 2.05) is 42.5 Å². The molecule has 6 heteroatoms. The van der Waals surface area contributed by atoms with Gasteiger partial charge in [-0.2, -0.15) is 0 Å². The van der Waals surface area contributed by atoms with Crippen LogP contribution >= 0.6 is 11.3 Å². The topological polar surface area (TPSA) is 51.2 Å². The molecule has 0 spiro atoms. The van der Waals surface area contributed by atoms with Gasteiger partial charge in [-0.1, -0.05) is 30.3 Å². The summed E-state index contributed by atoms with van der Waals surface area (Å²) in [5, 5.41) is 3.62. The minimum absolute atomic E-state index is 0.190. The van der Waals surface area contributed by atoms with Crippen molar-refractivity contribution < 1.29 is 13.9 Å². The first kappa shape index (κ1) is 18.1. The van der Waals surface area contributed by atoms with Gasteiger partial charge in [-0.3, -0.25) is 4.79 Å². The molecule has 1 amide bonds. The van der Waals surface area contributed by atoms with Gasteiger partial charge in [-0.25, -0.2) is 9.37 Å². The van der Waals surface area contributed by atoms with Crippen LogP contribution in [0.1, 0.15) is 20.8 Å². The smallest absolute Gasteiger partial charge is 0.261 e. The number of benzene rings is 2. The maximum absolute atomic E-state index is 13.3. The van der Waals surface area contributed by atoms with Crippen molar-refractivity contribution >= 4 is 27.3 Å². The molecule has 0 aliphatic rings. The van der Waals surface area contributed by atoms with Crippen molar-refractivity contribution in [3.05, 3.63) is 94.7 Å². The quantitative estimate of drug-likeness (QED) is 0.505. The highest BCUT2D eigenvalue weighted by Gasteiger charge is 2.11. The molecule has 0 unspecified atom stereocenters. The lowest BCUT2D eigenvalue weighted by Crippen LogP contribution is -2.21. The van der Waals surface area contributed by atoms with E-state index in [1.165, 1.54) is 23.5 Å². The number of thiophene rings is 1. The zero-order valence-corrected chi connectivity index (χ0v) is 15.7. The first-order valence-corrected chi connectivity index (χ1v) is 9.58. The molecule has 0 saturated heterocycles. The van der Waals surface area contributed by atoms with Crippen molar-refractivity contribution in [2.75, 3.05) is 0 Å². The number of amides is 1. The molecule has 0 aliphatic carbocycles. The summed E-state index contributed by atoms with van der Waals surface area (Å²) in [5.74, 6) is 0.00943. The predicted molar refractivity (Wildman–Crippen MR) is 108 cm³/mol. The standard InChI is InChI=1S/C22H17FN2O2S/c23-18-6-7-19-17(11-18)12-20(28-19)22(26)25-13-16-8-9-24-21(10-16)27-14-15-4-2-1-3-5-15/h1-12H,13-14H2,(H,25,26). The number of hydrogen-bond acceptors (Lipinski definition) is 4. The first-order valence-electron chi connectivity index (χ1n) is 8.76. The summed E-state index contributed by atoms with van der Waals surface area (Å²) in [4.78, 5) is 17.2. The largest absolute Gasteiger partial charge is 0.473 e. The van der Waals surface area contributed by atoms with Crippen LogP contribution in [0.5, 0.6) is 5.88 Å². The van der Waals surface area contributed by atoms with Gasteiger partial charge in [0.2, 0.25) is 5.88 Å². The number of carbonyl (C=O) groups is 1. The molecule has 0 saturated carbocycles. The molecule has 2 aromatic carbocycles. The highest BCUT2D eigenvalue weighted by molar-refractivity contribution is 7.20. The molecular formula is C22H17FN2O2S. The van der Waals surface area contributed by atoms with E-state index in [4.69, 9.17) is 4.74 Å². The molecule has 4 rings (SSSR count). The van der Waals surface area contributed by atoms with Crippen LogP contribution < -0.4 is 10.1 Å². The summed E-state index contributed by atoms with van der Waals surface area (Å²) >= 11 is 1.34. The average molecular weight is 392 g/mol. The van der Waals surface area contributed by atoms with Crippen LogP contribution in [0.25, 0.3) is 10.1 Å². The Hall–Kier alpha value is -3.25. The number of hydrogen-bond donors (Lipinski definition) is 1. The van der Waals surface area contributed by atoms with Crippen molar-refractivity contribution in [2.45, 2.75) is 13.2 Å². The SMILES string of the molecule is O=C(NCc1ccnc(OCc2ccccc2)c1)c1cc2cc(F)ccc2s1. The second-order valence-electron chi connectivity index (χ2n) is 6.25. The van der Waals surface area contributed by atoms with Crippen LogP contribution in [0.2, 0.25) is 0 Å². The fourth-order valence-corrected chi connectivity index (χ4v) is 3.73. The Morgan fingerprint density at radius 1 is 1.04 bits per heavy atom. The van der Waals surface area contributed by atoms with Crippen LogP contribution in [0.3, 0.4) is 0 Å². The lowest BCUT2D eigenvalue weighted by molar-refractivity contribution is 0.0955. The number of aromatic nitrogens is 1. The summed E-state index contributed by atoms with van der Waals surface area (Å²) in [7, 11) is 0. The van der Waals surface area contributed by atoms with Crippen molar-refractivity contribution in [3.63, 3.8) is 0 Å². The molecule has 0 atom stereocenters. The molecule has 4 aromatic rings. The van der Waals surface area contributed by atoms with Crippen LogP contribution in [-0.4, -0.2) is 10.9 Å². The summed E-state index contributed by atoms with van der Waals surface area (Å²) in [6, 6.07) is 19.7. The number of rotatable bonds is 6. The molecular weight excluding hydrogens is 375 g/mol. The molecule has 0 radical (unpaired) electrons. The third-order valence-corrected chi connectivity index (χ3v) is 5.30. The fourth-order valence-electron chi connectivity index (χ4n) is 2.77. The minimum atomic E-state index is -0.308. The molecule has 140 valence electrons. The highest BCUT2D eigenvalue weighted by Crippen LogP contribution is 2.26. The Bertz CT molecular complexity index is 1110. The van der Waals surface area contributed by atoms with Crippen LogP contribution in [0.15, 0.2) is 72.9 Å². The van der Waals surface area contributed by atoms with Crippen LogP contribution in [0, 0.1) is 5.82 Å². The van der Waals surface area contributed by atoms with E-state index in [1.54, 1.807) is 18.3 Å². The molecule has 0 fully saturated rings. The number of nitrogens with one attached hydrogen (secondary N) is 1. The zero-order valence-electron chi connectivity index (χ0n) is 14.9. The second-order valence-corrected chi connectivity index (χ2v) is 7.34. The van der Waals surface area contributed by atoms with E-state index >= 15 is 0 Å². The summed E-state index contributed by atoms with van der Waals surface area (Å²) in [6.45, 7) is 0.785. The number of carbonyl (C=O) groups excluding carboxylic acids is 1. The van der Waals surface area contributed by atoms with Gasteiger partial charge in [0.05, 0.1) is 4.88 Å². The van der Waals surface area contributed by atoms with Gasteiger partial charge in [0.15, 0.2) is 0 Å². The normalized spacial score (nSPS) is 10.8. The van der Waals surface area contributed by atoms with Crippen molar-refractivity contribution in [3.8, 4) is 5.88 Å². The van der Waals surface area contributed by atoms with E-state index in [0.717, 1.165) is 21.2 Å². The third kappa shape index (κ3) is 4.35. The Morgan fingerprint density at radius 2 is 1.89 bits per heavy atom. The highest BCUT2D eigenvalue weighted by atomic mass is 32.1. The number of nitrogens with zero attached hydrogens (tertiary/aromatic N) is 1. The molecule has 1 N–H and O–H groups in total. The minimum Gasteiger partial charge on any atom is -0.473 e. The monoisotopic (exact) mass is 392 g/mol. The van der Waals surface area contributed by atoms with Gasteiger partial charge in [-0.15, -0.1) is 11.3 Å². The Balaban J connectivity index is 1.38. The molecule has 4 nitrogen and oxygen atoms in total. The Labute approximate surface area is 165 Å². The van der Waals surface area contributed by atoms with E-state index in [-0.39, 0.29) is 11.7 Å². The zero-order chi connectivity index (χ0) is 19.3. The fraction of sp³-hybridized carbons (Fsp3) is 0.0909. The van der Waals surface area contributed by atoms with Gasteiger partial charge in [0, 0.05) is 23.5 Å². The Morgan fingerprint density at radius 3 is 2.75 bits per heavy atom. The maximum Gasteiger partial charge on any atom is 0.261 e. The number of pyridine rings is 1. The lowest BCUT2D eigenvalue weighted by atomic mass is 10.2. The van der Waals surface area contributed by atoms with Crippen LogP contribution in [-0.2, 0) is 13.2 Å². The van der Waals surface area contributed by atoms with E-state index in [0.29, 0.717) is 23.9 Å². The number of ether oxygens (including phenoxy) is 1. The predicted octanol–water partition coefficient (Wildman–Crippen LogP) is 4.94. The summed E-state index contributed by atoms with van der Waals surface area (Å²) in [6.07, 6.45) is 1.66. The van der Waals surface area contributed by atoms with Crippen LogP contribution in [0.4, 0.5) is 4.39 Å². The van der Waals surface area contributed by atoms with Crippen molar-refractivity contribution in [2.24, 2.45) is 0 Å². The molecule has 0 bridgehead atoms. The van der Waals surface area contributed by atoms with Gasteiger partial charge < -0.3 is 10.1 Å². The molecule has 2 aromatic heterocycles. The van der Waals surface area contributed by atoms with Gasteiger partial charge >= 0.3 is 0 Å². The van der Waals surface area contributed by atoms with Gasteiger partial charge in [0.25, 0.3) is 5.91 Å².